The Morgan fingerprint density at radius 3 is 1.44 bits per heavy atom. The van der Waals surface area contributed by atoms with E-state index in [1.807, 2.05) is 59.4 Å². The SMILES string of the molecule is CCCOCCOCCNS(=O)(=O)c1ccc(O[C@H]2c3cc(Cl)cc(OC)c3C[C@@H]2N(C)C)cc1.CNC(=O)NCCCCNC(=O)NCCOCCOCCNS(=O)(=O)c1ccc(O[C@H]2c3cc(Cl)cc(C)c3C[C@@H]2N(C)C)cc1. The molecule has 6 N–H and O–H groups in total. The van der Waals surface area contributed by atoms with E-state index in [9.17, 15) is 26.4 Å². The van der Waals surface area contributed by atoms with Gasteiger partial charge >= 0.3 is 12.1 Å². The quantitative estimate of drug-likeness (QED) is 0.0289. The standard InChI is InChI=1S/C31H47ClN6O7S.C25H35ClN2O6S/c1-22-19-23(32)20-27-26(22)21-28(38(3)4)29(27)45-24-7-9-25(10-8-24)46(41,42)37-14-16-44-18-17-43-15-13-36-31(40)35-12-6-5-11-34-30(39)33-2;1-5-11-32-13-14-33-12-10-27-35(29,30)20-8-6-19(7-9-20)34-25-22-15-18(26)16-24(31-4)21(22)17-23(25)28(2)3/h7-10,19-20,28-29,37H,5-6,11-18,21H2,1-4H3,(H2,33,34,39)(H2,35,36,40);6-9,15-16,23,25,27H,5,10-14,17H2,1-4H3/t28-,29-;23-,25-/m00/s1. The van der Waals surface area contributed by atoms with Gasteiger partial charge in [0.15, 0.2) is 0 Å². The fourth-order valence-electron chi connectivity index (χ4n) is 9.04. The predicted molar refractivity (Wildman–Crippen MR) is 313 cm³/mol. The molecule has 25 heteroatoms. The number of carbonyl (C=O) groups excluding carboxylic acids is 2. The topological polar surface area (TPSA) is 246 Å². The van der Waals surface area contributed by atoms with E-state index in [1.54, 1.807) is 38.4 Å². The average molecular weight is 1210 g/mol. The van der Waals surface area contributed by atoms with Gasteiger partial charge in [0.2, 0.25) is 20.0 Å². The van der Waals surface area contributed by atoms with Crippen LogP contribution >= 0.6 is 23.2 Å². The molecule has 0 saturated carbocycles. The number of fused-ring (bicyclic) bond motifs is 2. The van der Waals surface area contributed by atoms with Crippen molar-refractivity contribution in [3.8, 4) is 17.2 Å². The van der Waals surface area contributed by atoms with Gasteiger partial charge in [0.25, 0.3) is 0 Å². The highest BCUT2D eigenvalue weighted by Crippen LogP contribution is 2.44. The molecular formula is C56H82Cl2N8O13S2. The number of hydrogen-bond acceptors (Lipinski definition) is 15. The van der Waals surface area contributed by atoms with E-state index in [2.05, 4.69) is 47.4 Å². The van der Waals surface area contributed by atoms with Crippen molar-refractivity contribution >= 4 is 55.3 Å². The molecule has 4 atom stereocenters. The van der Waals surface area contributed by atoms with Gasteiger partial charge in [-0.3, -0.25) is 0 Å². The number of nitrogens with zero attached hydrogens (tertiary/aromatic N) is 2. The van der Waals surface area contributed by atoms with Crippen LogP contribution in [-0.2, 0) is 51.8 Å². The largest absolute Gasteiger partial charge is 0.496 e. The zero-order valence-electron chi connectivity index (χ0n) is 47.7. The second kappa shape index (κ2) is 33.9. The molecule has 0 radical (unpaired) electrons. The summed E-state index contributed by atoms with van der Waals surface area (Å²) in [5, 5.41) is 11.8. The third-order valence-electron chi connectivity index (χ3n) is 13.3. The van der Waals surface area contributed by atoms with E-state index in [-0.39, 0.29) is 79.1 Å². The lowest BCUT2D eigenvalue weighted by Gasteiger charge is -2.27. The van der Waals surface area contributed by atoms with Crippen molar-refractivity contribution < 1.29 is 59.6 Å². The lowest BCUT2D eigenvalue weighted by Crippen LogP contribution is -2.38. The number of amides is 4. The summed E-state index contributed by atoms with van der Waals surface area (Å²) in [7, 11) is 3.85. The molecule has 21 nitrogen and oxygen atoms in total. The fourth-order valence-corrected chi connectivity index (χ4v) is 11.6. The molecule has 2 aliphatic carbocycles. The molecule has 0 bridgehead atoms. The normalized spacial score (nSPS) is 16.5. The summed E-state index contributed by atoms with van der Waals surface area (Å²) in [6.45, 7) is 8.75. The van der Waals surface area contributed by atoms with E-state index in [0.717, 1.165) is 60.1 Å². The number of benzene rings is 4. The molecule has 0 spiro atoms. The highest BCUT2D eigenvalue weighted by molar-refractivity contribution is 7.89. The Hall–Kier alpha value is -5.02. The summed E-state index contributed by atoms with van der Waals surface area (Å²) in [5.74, 6) is 1.89. The lowest BCUT2D eigenvalue weighted by atomic mass is 10.0. The minimum Gasteiger partial charge on any atom is -0.496 e. The van der Waals surface area contributed by atoms with Crippen LogP contribution in [0.15, 0.2) is 82.6 Å². The number of ether oxygens (including phenoxy) is 7. The number of likely N-dealkylation sites (N-methyl/N-ethyl adjacent to an activating group) is 2. The molecule has 0 fully saturated rings. The Bertz CT molecular complexity index is 2820. The van der Waals surface area contributed by atoms with Crippen LogP contribution in [0.3, 0.4) is 0 Å². The molecule has 0 aliphatic heterocycles. The van der Waals surface area contributed by atoms with Gasteiger partial charge in [0, 0.05) is 67.6 Å². The van der Waals surface area contributed by atoms with Crippen molar-refractivity contribution in [2.45, 2.75) is 80.0 Å². The van der Waals surface area contributed by atoms with E-state index in [1.165, 1.54) is 29.8 Å². The van der Waals surface area contributed by atoms with Crippen molar-refractivity contribution in [2.75, 3.05) is 128 Å². The molecule has 4 amide bonds. The highest BCUT2D eigenvalue weighted by Gasteiger charge is 2.39. The summed E-state index contributed by atoms with van der Waals surface area (Å²) in [4.78, 5) is 27.3. The summed E-state index contributed by atoms with van der Waals surface area (Å²) in [5.41, 5.74) is 5.48. The van der Waals surface area contributed by atoms with Crippen molar-refractivity contribution in [1.29, 1.82) is 0 Å². The number of sulfonamides is 2. The molecule has 0 unspecified atom stereocenters. The van der Waals surface area contributed by atoms with Gasteiger partial charge in [-0.2, -0.15) is 0 Å². The van der Waals surface area contributed by atoms with Crippen molar-refractivity contribution in [3.05, 3.63) is 111 Å². The molecule has 0 heterocycles. The zero-order chi connectivity index (χ0) is 59.0. The highest BCUT2D eigenvalue weighted by atomic mass is 35.5. The van der Waals surface area contributed by atoms with Gasteiger partial charge < -0.3 is 64.2 Å². The fraction of sp³-hybridized carbons (Fsp3) is 0.536. The Kier molecular flexibility index (Phi) is 28.0. The van der Waals surface area contributed by atoms with Crippen molar-refractivity contribution in [2.24, 2.45) is 0 Å². The van der Waals surface area contributed by atoms with Crippen LogP contribution in [0, 0.1) is 6.92 Å². The molecule has 4 aromatic rings. The van der Waals surface area contributed by atoms with Crippen molar-refractivity contribution in [3.63, 3.8) is 0 Å². The minimum absolute atomic E-state index is 0.0785. The summed E-state index contributed by atoms with van der Waals surface area (Å²) < 4.78 is 95.7. The van der Waals surface area contributed by atoms with Gasteiger partial charge in [-0.15, -0.1) is 0 Å². The van der Waals surface area contributed by atoms with Crippen LogP contribution in [-0.4, -0.2) is 179 Å². The number of methoxy groups -OCH3 is 1. The third kappa shape index (κ3) is 21.3. The summed E-state index contributed by atoms with van der Waals surface area (Å²) in [6, 6.07) is 20.1. The first-order valence-electron chi connectivity index (χ1n) is 27.1. The monoisotopic (exact) mass is 1210 g/mol. The molecule has 0 aromatic heterocycles. The first-order chi connectivity index (χ1) is 38.8. The van der Waals surface area contributed by atoms with Gasteiger partial charge in [0.1, 0.15) is 29.5 Å². The van der Waals surface area contributed by atoms with Gasteiger partial charge in [-0.1, -0.05) is 30.1 Å². The second-order valence-electron chi connectivity index (χ2n) is 19.6. The number of carbonyl (C=O) groups is 2. The summed E-state index contributed by atoms with van der Waals surface area (Å²) in [6.07, 6.45) is 3.56. The Morgan fingerprint density at radius 2 is 0.988 bits per heavy atom. The first kappa shape index (κ1) is 66.8. The van der Waals surface area contributed by atoms with E-state index >= 15 is 0 Å². The van der Waals surface area contributed by atoms with Crippen LogP contribution < -0.4 is 44.9 Å². The Labute approximate surface area is 488 Å². The molecule has 2 aliphatic rings. The summed E-state index contributed by atoms with van der Waals surface area (Å²) >= 11 is 12.7. The number of hydrogen-bond donors (Lipinski definition) is 6. The lowest BCUT2D eigenvalue weighted by molar-refractivity contribution is 0.0502. The maximum absolute atomic E-state index is 12.8. The van der Waals surface area contributed by atoms with Crippen LogP contribution in [0.25, 0.3) is 0 Å². The van der Waals surface area contributed by atoms with E-state index in [4.69, 9.17) is 56.4 Å². The molecule has 450 valence electrons. The number of halogens is 2. The van der Waals surface area contributed by atoms with Crippen LogP contribution in [0.1, 0.15) is 66.2 Å². The smallest absolute Gasteiger partial charge is 0.314 e. The molecular weight excluding hydrogens is 1130 g/mol. The number of unbranched alkanes of at least 4 members (excludes halogenated alkanes) is 1. The third-order valence-corrected chi connectivity index (χ3v) is 16.7. The zero-order valence-corrected chi connectivity index (χ0v) is 50.9. The predicted octanol–water partition coefficient (Wildman–Crippen LogP) is 6.25. The number of urea groups is 2. The Morgan fingerprint density at radius 1 is 0.568 bits per heavy atom. The van der Waals surface area contributed by atoms with Gasteiger partial charge in [-0.05, 0) is 157 Å². The van der Waals surface area contributed by atoms with Gasteiger partial charge in [0.05, 0.1) is 75.2 Å². The maximum Gasteiger partial charge on any atom is 0.314 e. The van der Waals surface area contributed by atoms with Crippen molar-refractivity contribution in [1.82, 2.24) is 40.5 Å². The maximum atomic E-state index is 12.8. The van der Waals surface area contributed by atoms with E-state index < -0.39 is 20.0 Å². The molecule has 81 heavy (non-hydrogen) atoms. The molecule has 4 aromatic carbocycles. The van der Waals surface area contributed by atoms with Crippen LogP contribution in [0.4, 0.5) is 9.59 Å². The molecule has 0 saturated heterocycles. The van der Waals surface area contributed by atoms with Crippen LogP contribution in [0.2, 0.25) is 10.0 Å². The number of nitrogens with one attached hydrogen (secondary N) is 6. The van der Waals surface area contributed by atoms with Crippen LogP contribution in [0.5, 0.6) is 17.2 Å². The van der Waals surface area contributed by atoms with Gasteiger partial charge in [-0.25, -0.2) is 35.9 Å². The average Bonchev–Trinajstić information content (AvgIpc) is 4.13. The molecule has 6 rings (SSSR count). The second-order valence-corrected chi connectivity index (χ2v) is 24.0. The first-order valence-corrected chi connectivity index (χ1v) is 30.8. The number of rotatable bonds is 33. The minimum atomic E-state index is -3.73. The Balaban J connectivity index is 0.000000308. The van der Waals surface area contributed by atoms with E-state index in [0.29, 0.717) is 74.2 Å². The number of aryl methyl sites for hydroxylation is 1.